The van der Waals surface area contributed by atoms with E-state index in [9.17, 15) is 8.42 Å². The summed E-state index contributed by atoms with van der Waals surface area (Å²) in [6, 6.07) is 14.5. The fourth-order valence-corrected chi connectivity index (χ4v) is 2.47. The molecule has 0 aliphatic heterocycles. The molecule has 2 aromatic carbocycles. The molecule has 2 rings (SSSR count). The molecular weight excluding hydrogens is 260 g/mol. The number of nitrogens with zero attached hydrogens (tertiary/aromatic N) is 1. The van der Waals surface area contributed by atoms with Crippen molar-refractivity contribution in [2.24, 2.45) is 0 Å². The Morgan fingerprint density at radius 1 is 1.11 bits per heavy atom. The van der Waals surface area contributed by atoms with E-state index < -0.39 is 10.0 Å². The minimum absolute atomic E-state index is 0.337. The molecule has 19 heavy (non-hydrogen) atoms. The molecule has 0 fully saturated rings. The van der Waals surface area contributed by atoms with Crippen LogP contribution in [-0.4, -0.2) is 27.8 Å². The van der Waals surface area contributed by atoms with Gasteiger partial charge in [0.2, 0.25) is 0 Å². The van der Waals surface area contributed by atoms with Crippen LogP contribution >= 0.6 is 0 Å². The summed E-state index contributed by atoms with van der Waals surface area (Å²) in [5.41, 5.74) is 1.26. The highest BCUT2D eigenvalue weighted by atomic mass is 32.2. The number of hydrogen-bond donors (Lipinski definition) is 1. The molecule has 0 saturated carbocycles. The van der Waals surface area contributed by atoms with Crippen molar-refractivity contribution in [2.45, 2.75) is 6.54 Å². The molecule has 0 heterocycles. The van der Waals surface area contributed by atoms with E-state index in [1.807, 2.05) is 18.2 Å². The van der Waals surface area contributed by atoms with Crippen molar-refractivity contribution in [3.05, 3.63) is 52.8 Å². The van der Waals surface area contributed by atoms with Crippen LogP contribution in [0.3, 0.4) is 0 Å². The van der Waals surface area contributed by atoms with Gasteiger partial charge in [-0.2, -0.15) is 0 Å². The third kappa shape index (κ3) is 4.31. The molecule has 0 atom stereocenters. The lowest BCUT2D eigenvalue weighted by Gasteiger charge is -2.14. The summed E-state index contributed by atoms with van der Waals surface area (Å²) in [6.07, 6.45) is 1.12. The maximum Gasteiger partial charge on any atom is 0.102 e. The van der Waals surface area contributed by atoms with Crippen molar-refractivity contribution >= 4 is 20.8 Å². The molecular formula is C14H18N2O2S. The fraction of sp³-hybridized carbons (Fsp3) is 0.286. The highest BCUT2D eigenvalue weighted by Crippen LogP contribution is 2.17. The SMILES string of the molecule is CS(=O)(=O)[N-]CC[NH2+]Cc1cccc2ccccc12. The van der Waals surface area contributed by atoms with E-state index in [0.29, 0.717) is 13.1 Å². The summed E-state index contributed by atoms with van der Waals surface area (Å²) in [7, 11) is -3.20. The predicted molar refractivity (Wildman–Crippen MR) is 77.5 cm³/mol. The molecule has 0 aliphatic rings. The average molecular weight is 278 g/mol. The maximum absolute atomic E-state index is 10.9. The van der Waals surface area contributed by atoms with Gasteiger partial charge in [0, 0.05) is 11.8 Å². The lowest BCUT2D eigenvalue weighted by atomic mass is 10.0. The van der Waals surface area contributed by atoms with E-state index in [4.69, 9.17) is 0 Å². The zero-order chi connectivity index (χ0) is 13.7. The Morgan fingerprint density at radius 2 is 1.84 bits per heavy atom. The van der Waals surface area contributed by atoms with Crippen LogP contribution in [0.1, 0.15) is 5.56 Å². The lowest BCUT2D eigenvalue weighted by molar-refractivity contribution is -0.667. The summed E-state index contributed by atoms with van der Waals surface area (Å²) in [6.45, 7) is 1.85. The lowest BCUT2D eigenvalue weighted by Crippen LogP contribution is -2.83. The first-order valence-electron chi connectivity index (χ1n) is 6.23. The van der Waals surface area contributed by atoms with Gasteiger partial charge in [-0.3, -0.25) is 0 Å². The van der Waals surface area contributed by atoms with Gasteiger partial charge in [-0.05, 0) is 10.8 Å². The topological polar surface area (TPSA) is 64.8 Å². The molecule has 0 radical (unpaired) electrons. The summed E-state index contributed by atoms with van der Waals surface area (Å²) < 4.78 is 25.3. The molecule has 5 heteroatoms. The first-order chi connectivity index (χ1) is 9.06. The van der Waals surface area contributed by atoms with Gasteiger partial charge in [0.15, 0.2) is 0 Å². The predicted octanol–water partition coefficient (Wildman–Crippen LogP) is 1.24. The van der Waals surface area contributed by atoms with Gasteiger partial charge >= 0.3 is 0 Å². The van der Waals surface area contributed by atoms with Crippen molar-refractivity contribution in [3.63, 3.8) is 0 Å². The quantitative estimate of drug-likeness (QED) is 0.808. The van der Waals surface area contributed by atoms with E-state index >= 15 is 0 Å². The van der Waals surface area contributed by atoms with Crippen LogP contribution in [-0.2, 0) is 16.6 Å². The second-order valence-electron chi connectivity index (χ2n) is 4.51. The maximum atomic E-state index is 10.9. The molecule has 2 N–H and O–H groups in total. The Morgan fingerprint density at radius 3 is 2.63 bits per heavy atom. The van der Waals surface area contributed by atoms with Crippen LogP contribution in [0.2, 0.25) is 0 Å². The van der Waals surface area contributed by atoms with Gasteiger partial charge < -0.3 is 10.0 Å². The van der Waals surface area contributed by atoms with Gasteiger partial charge in [-0.25, -0.2) is 8.42 Å². The Balaban J connectivity index is 1.92. The normalized spacial score (nSPS) is 11.8. The minimum Gasteiger partial charge on any atom is -0.545 e. The summed E-state index contributed by atoms with van der Waals surface area (Å²) in [5.74, 6) is 0. The molecule has 0 unspecified atom stereocenters. The average Bonchev–Trinajstić information content (AvgIpc) is 2.37. The van der Waals surface area contributed by atoms with Crippen molar-refractivity contribution in [2.75, 3.05) is 19.3 Å². The number of benzene rings is 2. The number of rotatable bonds is 6. The number of fused-ring (bicyclic) bond motifs is 1. The van der Waals surface area contributed by atoms with E-state index in [-0.39, 0.29) is 0 Å². The molecule has 0 saturated heterocycles. The molecule has 0 aromatic heterocycles. The van der Waals surface area contributed by atoms with Crippen molar-refractivity contribution in [1.29, 1.82) is 0 Å². The minimum atomic E-state index is -3.20. The number of nitrogens with two attached hydrogens (primary N) is 1. The number of sulfonamides is 1. The second-order valence-corrected chi connectivity index (χ2v) is 6.23. The zero-order valence-electron chi connectivity index (χ0n) is 10.9. The fourth-order valence-electron chi connectivity index (χ4n) is 2.04. The first-order valence-corrected chi connectivity index (χ1v) is 8.08. The monoisotopic (exact) mass is 278 g/mol. The van der Waals surface area contributed by atoms with E-state index in [0.717, 1.165) is 12.8 Å². The van der Waals surface area contributed by atoms with Crippen LogP contribution < -0.4 is 5.32 Å². The van der Waals surface area contributed by atoms with Gasteiger partial charge in [-0.1, -0.05) is 49.0 Å². The standard InChI is InChI=1S/C14H17N2O2S/c1-19(17,18)16-10-9-15-11-13-7-4-6-12-5-2-3-8-14(12)13/h2-8,15H,9-11H2,1H3/q-1/p+1. The van der Waals surface area contributed by atoms with Gasteiger partial charge in [0.05, 0.1) is 16.6 Å². The van der Waals surface area contributed by atoms with Crippen LogP contribution in [0, 0.1) is 0 Å². The van der Waals surface area contributed by atoms with Gasteiger partial charge in [0.1, 0.15) is 6.54 Å². The summed E-state index contributed by atoms with van der Waals surface area (Å²) in [4.78, 5) is 0. The van der Waals surface area contributed by atoms with E-state index in [2.05, 4.69) is 34.3 Å². The number of hydrogen-bond acceptors (Lipinski definition) is 2. The largest absolute Gasteiger partial charge is 0.545 e. The third-order valence-corrected chi connectivity index (χ3v) is 3.55. The number of quaternary nitrogens is 1. The molecule has 4 nitrogen and oxygen atoms in total. The molecule has 0 bridgehead atoms. The molecule has 0 aliphatic carbocycles. The highest BCUT2D eigenvalue weighted by Gasteiger charge is 2.00. The molecule has 2 aromatic rings. The van der Waals surface area contributed by atoms with Gasteiger partial charge in [0.25, 0.3) is 0 Å². The summed E-state index contributed by atoms with van der Waals surface area (Å²) >= 11 is 0. The van der Waals surface area contributed by atoms with Crippen LogP contribution in [0.15, 0.2) is 42.5 Å². The van der Waals surface area contributed by atoms with E-state index in [1.54, 1.807) is 0 Å². The van der Waals surface area contributed by atoms with Crippen LogP contribution in [0.5, 0.6) is 0 Å². The summed E-state index contributed by atoms with van der Waals surface area (Å²) in [5, 5.41) is 4.56. The molecule has 0 amide bonds. The van der Waals surface area contributed by atoms with Crippen molar-refractivity contribution < 1.29 is 13.7 Å². The third-order valence-electron chi connectivity index (χ3n) is 2.90. The van der Waals surface area contributed by atoms with Crippen LogP contribution in [0.25, 0.3) is 15.5 Å². The first kappa shape index (κ1) is 14.0. The van der Waals surface area contributed by atoms with Gasteiger partial charge in [-0.15, -0.1) is 0 Å². The highest BCUT2D eigenvalue weighted by molar-refractivity contribution is 7.93. The Hall–Kier alpha value is -1.43. The zero-order valence-corrected chi connectivity index (χ0v) is 11.7. The molecule has 102 valence electrons. The Bertz CT molecular complexity index is 648. The van der Waals surface area contributed by atoms with Crippen molar-refractivity contribution in [3.8, 4) is 0 Å². The second kappa shape index (κ2) is 6.14. The smallest absolute Gasteiger partial charge is 0.102 e. The van der Waals surface area contributed by atoms with Crippen LogP contribution in [0.4, 0.5) is 0 Å². The Labute approximate surface area is 113 Å². The molecule has 0 spiro atoms. The Kier molecular flexibility index (Phi) is 4.52. The van der Waals surface area contributed by atoms with Crippen molar-refractivity contribution in [1.82, 2.24) is 0 Å². The van der Waals surface area contributed by atoms with E-state index in [1.165, 1.54) is 16.3 Å².